The third-order valence-corrected chi connectivity index (χ3v) is 3.92. The molecule has 0 radical (unpaired) electrons. The van der Waals surface area contributed by atoms with Crippen molar-refractivity contribution in [3.63, 3.8) is 0 Å². The van der Waals surface area contributed by atoms with Crippen LogP contribution in [0.2, 0.25) is 0 Å². The summed E-state index contributed by atoms with van der Waals surface area (Å²) in [4.78, 5) is 0. The summed E-state index contributed by atoms with van der Waals surface area (Å²) in [6.45, 7) is 0.594. The van der Waals surface area contributed by atoms with Gasteiger partial charge in [0.25, 0.3) is 0 Å². The van der Waals surface area contributed by atoms with Gasteiger partial charge in [-0.1, -0.05) is 64.5 Å². The summed E-state index contributed by atoms with van der Waals surface area (Å²) in [6, 6.07) is 23.0. The molecular formula is C18H15BrO. The van der Waals surface area contributed by atoms with Crippen molar-refractivity contribution < 1.29 is 4.74 Å². The number of rotatable bonds is 4. The molecule has 3 aromatic carbocycles. The van der Waals surface area contributed by atoms with E-state index in [0.717, 1.165) is 11.1 Å². The second-order valence-corrected chi connectivity index (χ2v) is 5.31. The maximum Gasteiger partial charge on any atom is 0.120 e. The van der Waals surface area contributed by atoms with Gasteiger partial charge in [0, 0.05) is 5.33 Å². The predicted molar refractivity (Wildman–Crippen MR) is 87.4 cm³/mol. The third kappa shape index (κ3) is 3.02. The van der Waals surface area contributed by atoms with Gasteiger partial charge < -0.3 is 4.74 Å². The van der Waals surface area contributed by atoms with E-state index < -0.39 is 0 Å². The van der Waals surface area contributed by atoms with Crippen LogP contribution in [0.3, 0.4) is 0 Å². The van der Waals surface area contributed by atoms with Crippen LogP contribution in [0.25, 0.3) is 10.8 Å². The molecule has 0 bridgehead atoms. The molecule has 0 atom stereocenters. The summed E-state index contributed by atoms with van der Waals surface area (Å²) in [5, 5.41) is 3.36. The lowest BCUT2D eigenvalue weighted by Crippen LogP contribution is -1.95. The molecule has 0 fully saturated rings. The molecule has 1 nitrogen and oxygen atoms in total. The van der Waals surface area contributed by atoms with E-state index in [2.05, 4.69) is 70.5 Å². The van der Waals surface area contributed by atoms with Crippen LogP contribution >= 0.6 is 15.9 Å². The van der Waals surface area contributed by atoms with Gasteiger partial charge in [-0.05, 0) is 40.1 Å². The SMILES string of the molecule is BrCc1cccc(OCc2ccc3ccccc3c2)c1. The number of fused-ring (bicyclic) bond motifs is 1. The Morgan fingerprint density at radius 1 is 0.750 bits per heavy atom. The Bertz CT molecular complexity index is 721. The first-order valence-electron chi connectivity index (χ1n) is 6.60. The molecule has 0 aliphatic heterocycles. The van der Waals surface area contributed by atoms with Gasteiger partial charge in [-0.3, -0.25) is 0 Å². The van der Waals surface area contributed by atoms with Gasteiger partial charge in [-0.25, -0.2) is 0 Å². The summed E-state index contributed by atoms with van der Waals surface area (Å²) in [7, 11) is 0. The van der Waals surface area contributed by atoms with E-state index in [4.69, 9.17) is 4.74 Å². The van der Waals surface area contributed by atoms with Crippen molar-refractivity contribution >= 4 is 26.7 Å². The lowest BCUT2D eigenvalue weighted by Gasteiger charge is -2.08. The quantitative estimate of drug-likeness (QED) is 0.590. The van der Waals surface area contributed by atoms with Gasteiger partial charge in [0.1, 0.15) is 12.4 Å². The van der Waals surface area contributed by atoms with Gasteiger partial charge in [-0.15, -0.1) is 0 Å². The summed E-state index contributed by atoms with van der Waals surface area (Å²) < 4.78 is 5.86. The highest BCUT2D eigenvalue weighted by Crippen LogP contribution is 2.19. The molecule has 20 heavy (non-hydrogen) atoms. The van der Waals surface area contributed by atoms with E-state index in [-0.39, 0.29) is 0 Å². The topological polar surface area (TPSA) is 9.23 Å². The molecule has 3 rings (SSSR count). The normalized spacial score (nSPS) is 10.7. The summed E-state index contributed by atoms with van der Waals surface area (Å²) in [5.41, 5.74) is 2.41. The highest BCUT2D eigenvalue weighted by molar-refractivity contribution is 9.08. The van der Waals surface area contributed by atoms with Crippen LogP contribution in [0.15, 0.2) is 66.7 Å². The molecule has 0 unspecified atom stereocenters. The van der Waals surface area contributed by atoms with Crippen LogP contribution in [-0.4, -0.2) is 0 Å². The van der Waals surface area contributed by atoms with Gasteiger partial charge in [-0.2, -0.15) is 0 Å². The number of alkyl halides is 1. The Morgan fingerprint density at radius 2 is 1.60 bits per heavy atom. The molecule has 0 spiro atoms. The molecule has 2 heteroatoms. The average Bonchev–Trinajstić information content (AvgIpc) is 2.53. The van der Waals surface area contributed by atoms with Crippen molar-refractivity contribution in [2.75, 3.05) is 0 Å². The number of halogens is 1. The van der Waals surface area contributed by atoms with Crippen molar-refractivity contribution in [2.24, 2.45) is 0 Å². The Hall–Kier alpha value is -1.80. The minimum absolute atomic E-state index is 0.594. The average molecular weight is 327 g/mol. The van der Waals surface area contributed by atoms with E-state index >= 15 is 0 Å². The minimum Gasteiger partial charge on any atom is -0.489 e. The highest BCUT2D eigenvalue weighted by atomic mass is 79.9. The zero-order valence-electron chi connectivity index (χ0n) is 11.1. The van der Waals surface area contributed by atoms with Crippen molar-refractivity contribution in [2.45, 2.75) is 11.9 Å². The molecule has 0 aromatic heterocycles. The van der Waals surface area contributed by atoms with Crippen LogP contribution < -0.4 is 4.74 Å². The van der Waals surface area contributed by atoms with Crippen molar-refractivity contribution in [1.29, 1.82) is 0 Å². The second-order valence-electron chi connectivity index (χ2n) is 4.75. The predicted octanol–water partition coefficient (Wildman–Crippen LogP) is 5.31. The Balaban J connectivity index is 1.76. The number of hydrogen-bond donors (Lipinski definition) is 0. The maximum absolute atomic E-state index is 5.86. The summed E-state index contributed by atoms with van der Waals surface area (Å²) >= 11 is 3.46. The van der Waals surface area contributed by atoms with Crippen molar-refractivity contribution in [1.82, 2.24) is 0 Å². The summed E-state index contributed by atoms with van der Waals surface area (Å²) in [6.07, 6.45) is 0. The fourth-order valence-electron chi connectivity index (χ4n) is 2.21. The Kier molecular flexibility index (Phi) is 4.03. The van der Waals surface area contributed by atoms with Gasteiger partial charge in [0.2, 0.25) is 0 Å². The van der Waals surface area contributed by atoms with Crippen LogP contribution in [0, 0.1) is 0 Å². The van der Waals surface area contributed by atoms with Gasteiger partial charge in [0.05, 0.1) is 0 Å². The van der Waals surface area contributed by atoms with Crippen molar-refractivity contribution in [3.05, 3.63) is 77.9 Å². The van der Waals surface area contributed by atoms with Crippen LogP contribution in [0.5, 0.6) is 5.75 Å². The summed E-state index contributed by atoms with van der Waals surface area (Å²) in [5.74, 6) is 0.912. The monoisotopic (exact) mass is 326 g/mol. The van der Waals surface area contributed by atoms with Crippen LogP contribution in [0.1, 0.15) is 11.1 Å². The lowest BCUT2D eigenvalue weighted by molar-refractivity contribution is 0.306. The largest absolute Gasteiger partial charge is 0.489 e. The van der Waals surface area contributed by atoms with E-state index in [9.17, 15) is 0 Å². The Labute approximate surface area is 127 Å². The molecule has 3 aromatic rings. The first-order valence-corrected chi connectivity index (χ1v) is 7.73. The fraction of sp³-hybridized carbons (Fsp3) is 0.111. The van der Waals surface area contributed by atoms with E-state index in [0.29, 0.717) is 6.61 Å². The first kappa shape index (κ1) is 13.2. The molecule has 0 aliphatic carbocycles. The zero-order chi connectivity index (χ0) is 13.8. The van der Waals surface area contributed by atoms with Gasteiger partial charge in [0.15, 0.2) is 0 Å². The van der Waals surface area contributed by atoms with Gasteiger partial charge >= 0.3 is 0 Å². The molecule has 0 saturated heterocycles. The fourth-order valence-corrected chi connectivity index (χ4v) is 2.56. The lowest BCUT2D eigenvalue weighted by atomic mass is 10.1. The molecule has 100 valence electrons. The number of benzene rings is 3. The van der Waals surface area contributed by atoms with Crippen LogP contribution in [0.4, 0.5) is 0 Å². The molecule has 0 aliphatic rings. The smallest absolute Gasteiger partial charge is 0.120 e. The third-order valence-electron chi connectivity index (χ3n) is 3.27. The highest BCUT2D eigenvalue weighted by Gasteiger charge is 1.99. The number of ether oxygens (including phenoxy) is 1. The standard InChI is InChI=1S/C18H15BrO/c19-12-14-4-3-7-18(11-14)20-13-15-8-9-16-5-1-2-6-17(16)10-15/h1-11H,12-13H2. The molecule has 0 N–H and O–H groups in total. The number of hydrogen-bond acceptors (Lipinski definition) is 1. The second kappa shape index (κ2) is 6.10. The molecule has 0 heterocycles. The minimum atomic E-state index is 0.594. The maximum atomic E-state index is 5.86. The molecule has 0 saturated carbocycles. The molecule has 0 amide bonds. The van der Waals surface area contributed by atoms with Crippen LogP contribution in [-0.2, 0) is 11.9 Å². The van der Waals surface area contributed by atoms with E-state index in [1.807, 2.05) is 12.1 Å². The molecular weight excluding hydrogens is 312 g/mol. The van der Waals surface area contributed by atoms with E-state index in [1.165, 1.54) is 21.9 Å². The Morgan fingerprint density at radius 3 is 2.45 bits per heavy atom. The zero-order valence-corrected chi connectivity index (χ0v) is 12.6. The first-order chi connectivity index (χ1) is 9.85. The van der Waals surface area contributed by atoms with Crippen molar-refractivity contribution in [3.8, 4) is 5.75 Å². The van der Waals surface area contributed by atoms with E-state index in [1.54, 1.807) is 0 Å².